The van der Waals surface area contributed by atoms with Gasteiger partial charge in [0.2, 0.25) is 5.88 Å². The maximum absolute atomic E-state index is 5.21. The van der Waals surface area contributed by atoms with Crippen molar-refractivity contribution in [3.8, 4) is 5.88 Å². The molecule has 0 saturated carbocycles. The molecule has 100 valence electrons. The van der Waals surface area contributed by atoms with Crippen LogP contribution in [0.2, 0.25) is 0 Å². The zero-order valence-corrected chi connectivity index (χ0v) is 11.4. The topological polar surface area (TPSA) is 59.1 Å². The van der Waals surface area contributed by atoms with Gasteiger partial charge in [0.15, 0.2) is 0 Å². The van der Waals surface area contributed by atoms with Gasteiger partial charge in [-0.1, -0.05) is 0 Å². The second-order valence-electron chi connectivity index (χ2n) is 4.90. The minimum absolute atomic E-state index is 0.399. The first-order valence-corrected chi connectivity index (χ1v) is 6.55. The van der Waals surface area contributed by atoms with Gasteiger partial charge < -0.3 is 15.4 Å². The molecule has 2 atom stereocenters. The number of piperidine rings is 1. The zero-order valence-electron chi connectivity index (χ0n) is 11.4. The van der Waals surface area contributed by atoms with Crippen LogP contribution in [0.15, 0.2) is 6.33 Å². The number of nitrogens with one attached hydrogen (secondary N) is 2. The van der Waals surface area contributed by atoms with Gasteiger partial charge in [0.05, 0.1) is 12.7 Å². The Bertz CT molecular complexity index is 391. The molecule has 0 aromatic carbocycles. The zero-order chi connectivity index (χ0) is 13.0. The molecule has 2 N–H and O–H groups in total. The molecule has 0 spiro atoms. The van der Waals surface area contributed by atoms with Crippen LogP contribution in [0.5, 0.6) is 5.88 Å². The molecule has 0 aliphatic carbocycles. The van der Waals surface area contributed by atoms with E-state index in [1.165, 1.54) is 12.8 Å². The normalized spacial score (nSPS) is 21.4. The van der Waals surface area contributed by atoms with Gasteiger partial charge in [0, 0.05) is 6.04 Å². The third-order valence-corrected chi connectivity index (χ3v) is 3.64. The fourth-order valence-electron chi connectivity index (χ4n) is 2.42. The molecule has 1 aromatic rings. The van der Waals surface area contributed by atoms with Crippen molar-refractivity contribution in [3.05, 3.63) is 11.9 Å². The second-order valence-corrected chi connectivity index (χ2v) is 4.90. The number of rotatable bonds is 4. The highest BCUT2D eigenvalue weighted by molar-refractivity contribution is 5.48. The number of aromatic nitrogens is 2. The molecule has 5 nitrogen and oxygen atoms in total. The van der Waals surface area contributed by atoms with Crippen LogP contribution >= 0.6 is 0 Å². The Morgan fingerprint density at radius 2 is 2.33 bits per heavy atom. The first-order valence-electron chi connectivity index (χ1n) is 6.55. The van der Waals surface area contributed by atoms with E-state index in [1.807, 2.05) is 6.92 Å². The highest BCUT2D eigenvalue weighted by Crippen LogP contribution is 2.23. The van der Waals surface area contributed by atoms with E-state index >= 15 is 0 Å². The summed E-state index contributed by atoms with van der Waals surface area (Å²) < 4.78 is 5.21. The van der Waals surface area contributed by atoms with E-state index in [0.29, 0.717) is 17.8 Å². The summed E-state index contributed by atoms with van der Waals surface area (Å²) in [4.78, 5) is 8.39. The van der Waals surface area contributed by atoms with Crippen molar-refractivity contribution >= 4 is 5.82 Å². The van der Waals surface area contributed by atoms with Gasteiger partial charge in [-0.05, 0) is 45.7 Å². The maximum Gasteiger partial charge on any atom is 0.221 e. The Morgan fingerprint density at radius 1 is 1.50 bits per heavy atom. The summed E-state index contributed by atoms with van der Waals surface area (Å²) in [5, 5.41) is 6.92. The van der Waals surface area contributed by atoms with Crippen LogP contribution in [0.3, 0.4) is 0 Å². The van der Waals surface area contributed by atoms with Gasteiger partial charge in [-0.25, -0.2) is 9.97 Å². The molecule has 0 radical (unpaired) electrons. The quantitative estimate of drug-likeness (QED) is 0.850. The molecular formula is C13H22N4O. The van der Waals surface area contributed by atoms with E-state index in [1.54, 1.807) is 13.4 Å². The van der Waals surface area contributed by atoms with Crippen LogP contribution in [0, 0.1) is 12.8 Å². The smallest absolute Gasteiger partial charge is 0.221 e. The van der Waals surface area contributed by atoms with E-state index in [9.17, 15) is 0 Å². The molecule has 2 heterocycles. The van der Waals surface area contributed by atoms with E-state index < -0.39 is 0 Å². The van der Waals surface area contributed by atoms with Crippen LogP contribution in [0.4, 0.5) is 5.82 Å². The van der Waals surface area contributed by atoms with Gasteiger partial charge in [-0.2, -0.15) is 0 Å². The third-order valence-electron chi connectivity index (χ3n) is 3.64. The lowest BCUT2D eigenvalue weighted by Gasteiger charge is -2.29. The summed E-state index contributed by atoms with van der Waals surface area (Å²) >= 11 is 0. The number of hydrogen-bond donors (Lipinski definition) is 2. The van der Waals surface area contributed by atoms with Crippen LogP contribution in [-0.2, 0) is 0 Å². The van der Waals surface area contributed by atoms with Crippen molar-refractivity contribution in [1.29, 1.82) is 0 Å². The monoisotopic (exact) mass is 250 g/mol. The Morgan fingerprint density at radius 3 is 3.00 bits per heavy atom. The first-order chi connectivity index (χ1) is 8.72. The SMILES string of the molecule is COc1ncnc(NC(C)C2CCCNC2)c1C. The molecule has 1 aliphatic heterocycles. The Hall–Kier alpha value is -1.36. The van der Waals surface area contributed by atoms with Crippen LogP contribution in [0.1, 0.15) is 25.3 Å². The number of hydrogen-bond acceptors (Lipinski definition) is 5. The maximum atomic E-state index is 5.21. The lowest BCUT2D eigenvalue weighted by molar-refractivity contribution is 0.346. The third kappa shape index (κ3) is 2.90. The molecule has 2 unspecified atom stereocenters. The fraction of sp³-hybridized carbons (Fsp3) is 0.692. The minimum Gasteiger partial charge on any atom is -0.481 e. The highest BCUT2D eigenvalue weighted by Gasteiger charge is 2.21. The summed E-state index contributed by atoms with van der Waals surface area (Å²) in [6.45, 7) is 6.41. The van der Waals surface area contributed by atoms with Crippen molar-refractivity contribution in [3.63, 3.8) is 0 Å². The summed E-state index contributed by atoms with van der Waals surface area (Å²) in [6, 6.07) is 0.399. The summed E-state index contributed by atoms with van der Waals surface area (Å²) in [5.74, 6) is 2.17. The van der Waals surface area contributed by atoms with Crippen LogP contribution in [0.25, 0.3) is 0 Å². The highest BCUT2D eigenvalue weighted by atomic mass is 16.5. The largest absolute Gasteiger partial charge is 0.481 e. The lowest BCUT2D eigenvalue weighted by Crippen LogP contribution is -2.39. The molecule has 0 amide bonds. The van der Waals surface area contributed by atoms with E-state index in [2.05, 4.69) is 27.5 Å². The molecule has 1 aliphatic rings. The second kappa shape index (κ2) is 6.00. The summed E-state index contributed by atoms with van der Waals surface area (Å²) in [7, 11) is 1.63. The number of anilines is 1. The molecule has 0 bridgehead atoms. The van der Waals surface area contributed by atoms with Crippen molar-refractivity contribution < 1.29 is 4.74 Å². The number of nitrogens with zero attached hydrogens (tertiary/aromatic N) is 2. The lowest BCUT2D eigenvalue weighted by atomic mass is 9.93. The van der Waals surface area contributed by atoms with E-state index in [0.717, 1.165) is 24.5 Å². The van der Waals surface area contributed by atoms with Crippen molar-refractivity contribution in [2.24, 2.45) is 5.92 Å². The van der Waals surface area contributed by atoms with Gasteiger partial charge in [0.25, 0.3) is 0 Å². The Kier molecular flexibility index (Phi) is 4.36. The molecule has 2 rings (SSSR count). The molecule has 5 heteroatoms. The van der Waals surface area contributed by atoms with Crippen LogP contribution < -0.4 is 15.4 Å². The van der Waals surface area contributed by atoms with Crippen molar-refractivity contribution in [2.45, 2.75) is 32.7 Å². The number of methoxy groups -OCH3 is 1. The average molecular weight is 250 g/mol. The van der Waals surface area contributed by atoms with E-state index in [4.69, 9.17) is 4.74 Å². The molecule has 1 fully saturated rings. The molecule has 18 heavy (non-hydrogen) atoms. The summed E-state index contributed by atoms with van der Waals surface area (Å²) in [5.41, 5.74) is 0.968. The molecule has 1 saturated heterocycles. The van der Waals surface area contributed by atoms with Gasteiger partial charge in [0.1, 0.15) is 12.1 Å². The molecule has 1 aromatic heterocycles. The first kappa shape index (κ1) is 13.1. The minimum atomic E-state index is 0.399. The van der Waals surface area contributed by atoms with Crippen LogP contribution in [-0.4, -0.2) is 36.2 Å². The fourth-order valence-corrected chi connectivity index (χ4v) is 2.42. The Labute approximate surface area is 108 Å². The van der Waals surface area contributed by atoms with Gasteiger partial charge in [-0.15, -0.1) is 0 Å². The standard InChI is InChI=1S/C13H22N4O/c1-9-12(15-8-16-13(9)18-3)17-10(2)11-5-4-6-14-7-11/h8,10-11,14H,4-7H2,1-3H3,(H,15,16,17). The average Bonchev–Trinajstić information content (AvgIpc) is 2.42. The van der Waals surface area contributed by atoms with E-state index in [-0.39, 0.29) is 0 Å². The predicted octanol–water partition coefficient (Wildman–Crippen LogP) is 1.59. The van der Waals surface area contributed by atoms with Gasteiger partial charge in [-0.3, -0.25) is 0 Å². The van der Waals surface area contributed by atoms with Crippen molar-refractivity contribution in [1.82, 2.24) is 15.3 Å². The summed E-state index contributed by atoms with van der Waals surface area (Å²) in [6.07, 6.45) is 4.06. The number of ether oxygens (including phenoxy) is 1. The van der Waals surface area contributed by atoms with Crippen molar-refractivity contribution in [2.75, 3.05) is 25.5 Å². The molecular weight excluding hydrogens is 228 g/mol. The Balaban J connectivity index is 2.04. The predicted molar refractivity (Wildman–Crippen MR) is 72.0 cm³/mol. The van der Waals surface area contributed by atoms with Gasteiger partial charge >= 0.3 is 0 Å².